The van der Waals surface area contributed by atoms with E-state index in [0.717, 1.165) is 18.5 Å². The zero-order valence-electron chi connectivity index (χ0n) is 11.6. The molecular weight excluding hydrogens is 271 g/mol. The van der Waals surface area contributed by atoms with Gasteiger partial charge in [0.05, 0.1) is 24.4 Å². The summed E-state index contributed by atoms with van der Waals surface area (Å²) < 4.78 is 18.1. The number of fused-ring (bicyclic) bond motifs is 1. The molecule has 0 saturated carbocycles. The number of carbonyl (C=O) groups excluding carboxylic acids is 1. The third kappa shape index (κ3) is 2.59. The fourth-order valence-electron chi connectivity index (χ4n) is 2.66. The summed E-state index contributed by atoms with van der Waals surface area (Å²) in [7, 11) is 1.28. The Morgan fingerprint density at radius 2 is 2.29 bits per heavy atom. The van der Waals surface area contributed by atoms with Gasteiger partial charge in [-0.3, -0.25) is 4.98 Å². The van der Waals surface area contributed by atoms with Gasteiger partial charge in [-0.2, -0.15) is 0 Å². The molecule has 0 aliphatic heterocycles. The Morgan fingerprint density at radius 3 is 3.10 bits per heavy atom. The lowest BCUT2D eigenvalue weighted by molar-refractivity contribution is 0.0601. The topological polar surface area (TPSA) is 51.2 Å². The van der Waals surface area contributed by atoms with E-state index in [1.54, 1.807) is 12.3 Å². The number of nitrogens with zero attached hydrogens (tertiary/aromatic N) is 1. The van der Waals surface area contributed by atoms with Gasteiger partial charge in [-0.05, 0) is 42.7 Å². The lowest BCUT2D eigenvalue weighted by Gasteiger charge is -2.17. The summed E-state index contributed by atoms with van der Waals surface area (Å²) in [5.74, 6) is -1.03. The molecule has 0 fully saturated rings. The van der Waals surface area contributed by atoms with Gasteiger partial charge in [0.15, 0.2) is 0 Å². The van der Waals surface area contributed by atoms with Gasteiger partial charge in [0, 0.05) is 11.9 Å². The average Bonchev–Trinajstić information content (AvgIpc) is 2.91. The van der Waals surface area contributed by atoms with Crippen LogP contribution < -0.4 is 5.32 Å². The van der Waals surface area contributed by atoms with E-state index < -0.39 is 11.8 Å². The first-order valence-corrected chi connectivity index (χ1v) is 6.77. The number of hydrogen-bond donors (Lipinski definition) is 1. The number of hydrogen-bond acceptors (Lipinski definition) is 4. The van der Waals surface area contributed by atoms with Crippen LogP contribution in [0.5, 0.6) is 0 Å². The number of aromatic nitrogens is 1. The first kappa shape index (κ1) is 13.5. The van der Waals surface area contributed by atoms with Gasteiger partial charge in [0.2, 0.25) is 0 Å². The van der Waals surface area contributed by atoms with Gasteiger partial charge in [0.1, 0.15) is 5.82 Å². The van der Waals surface area contributed by atoms with Crippen LogP contribution in [0.2, 0.25) is 0 Å². The molecule has 1 atom stereocenters. The number of halogens is 1. The van der Waals surface area contributed by atoms with Crippen LogP contribution in [0.1, 0.15) is 34.1 Å². The van der Waals surface area contributed by atoms with Crippen molar-refractivity contribution in [2.45, 2.75) is 18.9 Å². The van der Waals surface area contributed by atoms with Crippen molar-refractivity contribution in [1.29, 1.82) is 0 Å². The third-order valence-corrected chi connectivity index (χ3v) is 3.68. The van der Waals surface area contributed by atoms with Crippen LogP contribution >= 0.6 is 0 Å². The van der Waals surface area contributed by atoms with Gasteiger partial charge in [-0.1, -0.05) is 6.07 Å². The molecular formula is C16H15FN2O2. The van der Waals surface area contributed by atoms with E-state index in [1.807, 2.05) is 6.07 Å². The summed E-state index contributed by atoms with van der Waals surface area (Å²) in [6.07, 6.45) is 3.59. The van der Waals surface area contributed by atoms with E-state index >= 15 is 0 Å². The molecule has 1 aromatic carbocycles. The molecule has 0 radical (unpaired) electrons. The number of esters is 1. The van der Waals surface area contributed by atoms with E-state index in [-0.39, 0.29) is 11.6 Å². The summed E-state index contributed by atoms with van der Waals surface area (Å²) in [5.41, 5.74) is 2.95. The smallest absolute Gasteiger partial charge is 0.340 e. The fourth-order valence-corrected chi connectivity index (χ4v) is 2.66. The number of rotatable bonds is 3. The van der Waals surface area contributed by atoms with Crippen molar-refractivity contribution in [3.63, 3.8) is 0 Å². The number of anilines is 1. The minimum absolute atomic E-state index is 0.0232. The van der Waals surface area contributed by atoms with E-state index in [1.165, 1.54) is 24.8 Å². The van der Waals surface area contributed by atoms with E-state index in [2.05, 4.69) is 16.4 Å². The molecule has 21 heavy (non-hydrogen) atoms. The largest absolute Gasteiger partial charge is 0.465 e. The highest BCUT2D eigenvalue weighted by Gasteiger charge is 2.25. The van der Waals surface area contributed by atoms with Crippen molar-refractivity contribution in [1.82, 2.24) is 4.98 Å². The predicted molar refractivity (Wildman–Crippen MR) is 76.7 cm³/mol. The van der Waals surface area contributed by atoms with Gasteiger partial charge in [-0.25, -0.2) is 9.18 Å². The van der Waals surface area contributed by atoms with Gasteiger partial charge in [0.25, 0.3) is 0 Å². The van der Waals surface area contributed by atoms with Crippen LogP contribution in [-0.4, -0.2) is 18.1 Å². The highest BCUT2D eigenvalue weighted by atomic mass is 19.1. The Hall–Kier alpha value is -2.43. The Kier molecular flexibility index (Phi) is 3.56. The molecule has 3 rings (SSSR count). The fraction of sp³-hybridized carbons (Fsp3) is 0.250. The number of methoxy groups -OCH3 is 1. The zero-order chi connectivity index (χ0) is 14.8. The van der Waals surface area contributed by atoms with Crippen LogP contribution in [0.4, 0.5) is 10.1 Å². The summed E-state index contributed by atoms with van der Waals surface area (Å²) >= 11 is 0. The molecule has 4 nitrogen and oxygen atoms in total. The molecule has 1 unspecified atom stereocenters. The molecule has 2 aromatic rings. The normalized spacial score (nSPS) is 16.4. The highest BCUT2D eigenvalue weighted by Crippen LogP contribution is 2.33. The number of nitrogens with one attached hydrogen (secondary N) is 1. The average molecular weight is 286 g/mol. The maximum Gasteiger partial charge on any atom is 0.340 e. The molecule has 1 aliphatic rings. The minimum atomic E-state index is -0.559. The standard InChI is InChI=1S/C16H15FN2O2/c1-21-16(20)12-9-11(17)5-7-13(12)19-14-6-4-10-3-2-8-18-15(10)14/h2-3,5,7-9,14,19H,4,6H2,1H3. The molecule has 1 N–H and O–H groups in total. The van der Waals surface area contributed by atoms with Crippen LogP contribution in [0.25, 0.3) is 0 Å². The molecule has 108 valence electrons. The Balaban J connectivity index is 1.91. The van der Waals surface area contributed by atoms with Crippen LogP contribution in [-0.2, 0) is 11.2 Å². The lowest BCUT2D eigenvalue weighted by Crippen LogP contribution is -2.13. The van der Waals surface area contributed by atoms with Crippen molar-refractivity contribution in [2.75, 3.05) is 12.4 Å². The van der Waals surface area contributed by atoms with Crippen molar-refractivity contribution in [3.05, 3.63) is 59.2 Å². The second-order valence-corrected chi connectivity index (χ2v) is 4.96. The van der Waals surface area contributed by atoms with E-state index in [4.69, 9.17) is 4.74 Å². The Labute approximate surface area is 122 Å². The monoisotopic (exact) mass is 286 g/mol. The molecule has 1 heterocycles. The van der Waals surface area contributed by atoms with Crippen LogP contribution in [0.15, 0.2) is 36.5 Å². The zero-order valence-corrected chi connectivity index (χ0v) is 11.6. The quantitative estimate of drug-likeness (QED) is 0.881. The van der Waals surface area contributed by atoms with Crippen molar-refractivity contribution in [2.24, 2.45) is 0 Å². The van der Waals surface area contributed by atoms with Gasteiger partial charge >= 0.3 is 5.97 Å². The van der Waals surface area contributed by atoms with Gasteiger partial charge in [-0.15, -0.1) is 0 Å². The van der Waals surface area contributed by atoms with Crippen LogP contribution in [0, 0.1) is 5.82 Å². The van der Waals surface area contributed by atoms with Crippen molar-refractivity contribution in [3.8, 4) is 0 Å². The second kappa shape index (κ2) is 5.52. The number of aryl methyl sites for hydroxylation is 1. The van der Waals surface area contributed by atoms with E-state index in [0.29, 0.717) is 5.69 Å². The summed E-state index contributed by atoms with van der Waals surface area (Å²) in [5, 5.41) is 3.28. The maximum absolute atomic E-state index is 13.3. The molecule has 1 aromatic heterocycles. The molecule has 0 bridgehead atoms. The SMILES string of the molecule is COC(=O)c1cc(F)ccc1NC1CCc2cccnc21. The molecule has 5 heteroatoms. The lowest BCUT2D eigenvalue weighted by atomic mass is 10.1. The number of ether oxygens (including phenoxy) is 1. The molecule has 0 amide bonds. The number of pyridine rings is 1. The third-order valence-electron chi connectivity index (χ3n) is 3.68. The summed E-state index contributed by atoms with van der Waals surface area (Å²) in [6, 6.07) is 8.05. The first-order chi connectivity index (χ1) is 10.2. The number of benzene rings is 1. The van der Waals surface area contributed by atoms with Crippen molar-refractivity contribution >= 4 is 11.7 Å². The molecule has 0 spiro atoms. The second-order valence-electron chi connectivity index (χ2n) is 4.96. The molecule has 1 aliphatic carbocycles. The Bertz CT molecular complexity index is 688. The van der Waals surface area contributed by atoms with Crippen LogP contribution in [0.3, 0.4) is 0 Å². The van der Waals surface area contributed by atoms with Crippen molar-refractivity contribution < 1.29 is 13.9 Å². The predicted octanol–water partition coefficient (Wildman–Crippen LogP) is 3.11. The number of carbonyl (C=O) groups is 1. The minimum Gasteiger partial charge on any atom is -0.465 e. The van der Waals surface area contributed by atoms with E-state index in [9.17, 15) is 9.18 Å². The maximum atomic E-state index is 13.3. The van der Waals surface area contributed by atoms with Gasteiger partial charge < -0.3 is 10.1 Å². The Morgan fingerprint density at radius 1 is 1.43 bits per heavy atom. The summed E-state index contributed by atoms with van der Waals surface area (Å²) in [6.45, 7) is 0. The summed E-state index contributed by atoms with van der Waals surface area (Å²) in [4.78, 5) is 16.2. The first-order valence-electron chi connectivity index (χ1n) is 6.77. The molecule has 0 saturated heterocycles. The highest BCUT2D eigenvalue weighted by molar-refractivity contribution is 5.95.